The Balaban J connectivity index is 1.77. The summed E-state index contributed by atoms with van der Waals surface area (Å²) >= 11 is 6.38. The molecule has 2 aromatic rings. The molecule has 26 heavy (non-hydrogen) atoms. The number of benzene rings is 2. The van der Waals surface area contributed by atoms with Crippen molar-refractivity contribution in [2.45, 2.75) is 6.92 Å². The number of carbonyl (C=O) groups excluding carboxylic acids is 2. The van der Waals surface area contributed by atoms with E-state index < -0.39 is 0 Å². The predicted octanol–water partition coefficient (Wildman–Crippen LogP) is 3.55. The number of thioether (sulfide) groups is 1. The van der Waals surface area contributed by atoms with Gasteiger partial charge in [0.2, 0.25) is 0 Å². The Morgan fingerprint density at radius 2 is 1.96 bits per heavy atom. The molecule has 1 aliphatic rings. The van der Waals surface area contributed by atoms with E-state index in [-0.39, 0.29) is 16.1 Å². The maximum Gasteiger partial charge on any atom is 0.285 e. The minimum absolute atomic E-state index is 0.282. The van der Waals surface area contributed by atoms with Gasteiger partial charge in [-0.25, -0.2) is 0 Å². The number of rotatable bonds is 4. The molecule has 132 valence electrons. The Labute approximate surface area is 161 Å². The van der Waals surface area contributed by atoms with Gasteiger partial charge in [-0.1, -0.05) is 41.6 Å². The van der Waals surface area contributed by atoms with Crippen LogP contribution >= 0.6 is 24.0 Å². The van der Waals surface area contributed by atoms with Gasteiger partial charge in [-0.15, -0.1) is 0 Å². The van der Waals surface area contributed by atoms with Crippen LogP contribution in [0.15, 0.2) is 53.4 Å². The molecule has 1 aliphatic heterocycles. The molecule has 0 spiro atoms. The van der Waals surface area contributed by atoms with E-state index in [0.29, 0.717) is 16.2 Å². The molecule has 1 heterocycles. The molecule has 1 N–H and O–H groups in total. The minimum Gasteiger partial charge on any atom is -0.497 e. The SMILES string of the molecule is COc1cccc(/C=C2\SC(=S)N(NC(=O)c3ccc(C)cc3)C2=O)c1. The lowest BCUT2D eigenvalue weighted by Crippen LogP contribution is -2.44. The maximum absolute atomic E-state index is 12.6. The standard InChI is InChI=1S/C19H16N2O3S2/c1-12-6-8-14(9-7-12)17(22)20-21-18(23)16(26-19(21)25)11-13-4-3-5-15(10-13)24-2/h3-11H,1-2H3,(H,20,22)/b16-11-. The smallest absolute Gasteiger partial charge is 0.285 e. The van der Waals surface area contributed by atoms with Gasteiger partial charge in [0.15, 0.2) is 4.32 Å². The predicted molar refractivity (Wildman–Crippen MR) is 107 cm³/mol. The molecule has 1 saturated heterocycles. The number of ether oxygens (including phenoxy) is 1. The Morgan fingerprint density at radius 1 is 1.23 bits per heavy atom. The van der Waals surface area contributed by atoms with Gasteiger partial charge in [-0.2, -0.15) is 5.01 Å². The highest BCUT2D eigenvalue weighted by atomic mass is 32.2. The lowest BCUT2D eigenvalue weighted by molar-refractivity contribution is -0.123. The van der Waals surface area contributed by atoms with E-state index in [1.807, 2.05) is 43.3 Å². The van der Waals surface area contributed by atoms with Crippen LogP contribution in [0.25, 0.3) is 6.08 Å². The summed E-state index contributed by atoms with van der Waals surface area (Å²) in [5.74, 6) is -0.0471. The summed E-state index contributed by atoms with van der Waals surface area (Å²) < 4.78 is 5.47. The minimum atomic E-state index is -0.385. The molecule has 0 saturated carbocycles. The van der Waals surface area contributed by atoms with Crippen LogP contribution in [0.4, 0.5) is 0 Å². The van der Waals surface area contributed by atoms with Crippen LogP contribution in [0, 0.1) is 6.92 Å². The third-order valence-electron chi connectivity index (χ3n) is 3.71. The molecular formula is C19H16N2O3S2. The first-order valence-electron chi connectivity index (χ1n) is 7.77. The molecule has 0 aliphatic carbocycles. The van der Waals surface area contributed by atoms with Gasteiger partial charge < -0.3 is 4.74 Å². The third-order valence-corrected chi connectivity index (χ3v) is 5.01. The highest BCUT2D eigenvalue weighted by Crippen LogP contribution is 2.32. The summed E-state index contributed by atoms with van der Waals surface area (Å²) in [7, 11) is 1.58. The van der Waals surface area contributed by atoms with Gasteiger partial charge in [0.1, 0.15) is 5.75 Å². The Hall–Kier alpha value is -2.64. The number of hydrogen-bond acceptors (Lipinski definition) is 5. The summed E-state index contributed by atoms with van der Waals surface area (Å²) in [5, 5.41) is 1.11. The summed E-state index contributed by atoms with van der Waals surface area (Å²) in [6, 6.07) is 14.4. The lowest BCUT2D eigenvalue weighted by atomic mass is 10.1. The van der Waals surface area contributed by atoms with E-state index in [4.69, 9.17) is 17.0 Å². The van der Waals surface area contributed by atoms with Crippen LogP contribution in [0.5, 0.6) is 5.75 Å². The molecule has 2 amide bonds. The second-order valence-electron chi connectivity index (χ2n) is 5.60. The first-order chi connectivity index (χ1) is 12.5. The normalized spacial score (nSPS) is 15.5. The van der Waals surface area contributed by atoms with E-state index in [9.17, 15) is 9.59 Å². The molecule has 7 heteroatoms. The monoisotopic (exact) mass is 384 g/mol. The van der Waals surface area contributed by atoms with E-state index in [0.717, 1.165) is 27.9 Å². The fraction of sp³-hybridized carbons (Fsp3) is 0.105. The van der Waals surface area contributed by atoms with E-state index >= 15 is 0 Å². The summed E-state index contributed by atoms with van der Waals surface area (Å²) in [6.45, 7) is 1.94. The molecular weight excluding hydrogens is 368 g/mol. The topological polar surface area (TPSA) is 58.6 Å². The number of amides is 2. The average molecular weight is 384 g/mol. The number of hydrazine groups is 1. The molecule has 0 unspecified atom stereocenters. The number of aryl methyl sites for hydroxylation is 1. The van der Waals surface area contributed by atoms with Crippen LogP contribution in [0.3, 0.4) is 0 Å². The molecule has 2 aromatic carbocycles. The van der Waals surface area contributed by atoms with E-state index in [2.05, 4.69) is 5.43 Å². The summed E-state index contributed by atoms with van der Waals surface area (Å²) in [4.78, 5) is 25.4. The molecule has 3 rings (SSSR count). The lowest BCUT2D eigenvalue weighted by Gasteiger charge is -2.15. The highest BCUT2D eigenvalue weighted by molar-refractivity contribution is 8.26. The summed E-state index contributed by atoms with van der Waals surface area (Å²) in [6.07, 6.45) is 1.72. The molecule has 0 aromatic heterocycles. The van der Waals surface area contributed by atoms with Gasteiger partial charge in [0.05, 0.1) is 12.0 Å². The van der Waals surface area contributed by atoms with Crippen LogP contribution in [-0.4, -0.2) is 28.3 Å². The molecule has 5 nitrogen and oxygen atoms in total. The number of nitrogens with zero attached hydrogens (tertiary/aromatic N) is 1. The van der Waals surface area contributed by atoms with Crippen molar-refractivity contribution in [3.05, 3.63) is 70.1 Å². The van der Waals surface area contributed by atoms with Gasteiger partial charge in [0.25, 0.3) is 11.8 Å². The first kappa shape index (κ1) is 18.2. The first-order valence-corrected chi connectivity index (χ1v) is 9.00. The summed E-state index contributed by atoms with van der Waals surface area (Å²) in [5.41, 5.74) is 4.89. The van der Waals surface area contributed by atoms with E-state index in [1.54, 1.807) is 25.3 Å². The zero-order chi connectivity index (χ0) is 18.7. The second kappa shape index (κ2) is 7.72. The van der Waals surface area contributed by atoms with Crippen molar-refractivity contribution in [3.63, 3.8) is 0 Å². The largest absolute Gasteiger partial charge is 0.497 e. The zero-order valence-electron chi connectivity index (χ0n) is 14.2. The number of carbonyl (C=O) groups is 2. The Kier molecular flexibility index (Phi) is 5.39. The van der Waals surface area contributed by atoms with Crippen molar-refractivity contribution in [1.29, 1.82) is 0 Å². The molecule has 0 atom stereocenters. The van der Waals surface area contributed by atoms with E-state index in [1.165, 1.54) is 0 Å². The van der Waals surface area contributed by atoms with Crippen LogP contribution in [0.2, 0.25) is 0 Å². The van der Waals surface area contributed by atoms with Crippen molar-refractivity contribution >= 4 is 46.2 Å². The van der Waals surface area contributed by atoms with Gasteiger partial charge in [-0.05, 0) is 55.0 Å². The number of nitrogens with one attached hydrogen (secondary N) is 1. The third kappa shape index (κ3) is 3.95. The molecule has 0 radical (unpaired) electrons. The molecule has 1 fully saturated rings. The van der Waals surface area contributed by atoms with Crippen molar-refractivity contribution < 1.29 is 14.3 Å². The number of hydrogen-bond donors (Lipinski definition) is 1. The quantitative estimate of drug-likeness (QED) is 0.645. The number of methoxy groups -OCH3 is 1. The Bertz CT molecular complexity index is 907. The van der Waals surface area contributed by atoms with Crippen LogP contribution in [-0.2, 0) is 4.79 Å². The average Bonchev–Trinajstić information content (AvgIpc) is 2.90. The molecule has 0 bridgehead atoms. The maximum atomic E-state index is 12.6. The highest BCUT2D eigenvalue weighted by Gasteiger charge is 2.33. The fourth-order valence-electron chi connectivity index (χ4n) is 2.32. The van der Waals surface area contributed by atoms with Crippen LogP contribution < -0.4 is 10.2 Å². The zero-order valence-corrected chi connectivity index (χ0v) is 15.8. The fourth-order valence-corrected chi connectivity index (χ4v) is 3.50. The van der Waals surface area contributed by atoms with Gasteiger partial charge in [0, 0.05) is 5.56 Å². The van der Waals surface area contributed by atoms with Crippen LogP contribution in [0.1, 0.15) is 21.5 Å². The van der Waals surface area contributed by atoms with Gasteiger partial charge >= 0.3 is 0 Å². The number of thiocarbonyl (C=S) groups is 1. The van der Waals surface area contributed by atoms with Crippen molar-refractivity contribution in [3.8, 4) is 5.75 Å². The van der Waals surface area contributed by atoms with Crippen molar-refractivity contribution in [2.75, 3.05) is 7.11 Å². The van der Waals surface area contributed by atoms with Crippen molar-refractivity contribution in [1.82, 2.24) is 10.4 Å². The van der Waals surface area contributed by atoms with Crippen molar-refractivity contribution in [2.24, 2.45) is 0 Å². The Morgan fingerprint density at radius 3 is 2.65 bits per heavy atom. The second-order valence-corrected chi connectivity index (χ2v) is 7.28. The van der Waals surface area contributed by atoms with Gasteiger partial charge in [-0.3, -0.25) is 15.0 Å².